The Bertz CT molecular complexity index is 308. The van der Waals surface area contributed by atoms with Gasteiger partial charge < -0.3 is 15.2 Å². The summed E-state index contributed by atoms with van der Waals surface area (Å²) < 4.78 is 11.9. The minimum absolute atomic E-state index is 0.674. The van der Waals surface area contributed by atoms with Gasteiger partial charge in [-0.1, -0.05) is 0 Å². The van der Waals surface area contributed by atoms with Crippen LogP contribution in [-0.4, -0.2) is 13.2 Å². The van der Waals surface area contributed by atoms with Gasteiger partial charge in [0.05, 0.1) is 13.2 Å². The summed E-state index contributed by atoms with van der Waals surface area (Å²) in [6, 6.07) is 3.65. The SMILES string of the molecule is Nc1cc2c(cc1Br)OCCCCO2. The molecule has 0 bridgehead atoms. The quantitative estimate of drug-likeness (QED) is 0.727. The summed E-state index contributed by atoms with van der Waals surface area (Å²) in [7, 11) is 0. The predicted octanol–water partition coefficient (Wildman–Crippen LogP) is 2.58. The van der Waals surface area contributed by atoms with Gasteiger partial charge in [0.15, 0.2) is 11.5 Å². The van der Waals surface area contributed by atoms with Crippen LogP contribution in [0, 0.1) is 0 Å². The first-order valence-corrected chi connectivity index (χ1v) is 5.41. The van der Waals surface area contributed by atoms with Crippen molar-refractivity contribution in [1.29, 1.82) is 0 Å². The highest BCUT2D eigenvalue weighted by Crippen LogP contribution is 2.35. The minimum atomic E-state index is 0.674. The Morgan fingerprint density at radius 2 is 1.64 bits per heavy atom. The molecule has 0 amide bonds. The van der Waals surface area contributed by atoms with E-state index < -0.39 is 0 Å². The average Bonchev–Trinajstić information content (AvgIpc) is 2.13. The number of ether oxygens (including phenoxy) is 2. The van der Waals surface area contributed by atoms with E-state index in [2.05, 4.69) is 15.9 Å². The lowest BCUT2D eigenvalue weighted by atomic mass is 10.2. The van der Waals surface area contributed by atoms with E-state index in [9.17, 15) is 0 Å². The van der Waals surface area contributed by atoms with Crippen molar-refractivity contribution >= 4 is 21.6 Å². The van der Waals surface area contributed by atoms with Gasteiger partial charge in [0.2, 0.25) is 0 Å². The van der Waals surface area contributed by atoms with Gasteiger partial charge in [0.25, 0.3) is 0 Å². The van der Waals surface area contributed by atoms with E-state index in [0.29, 0.717) is 5.69 Å². The van der Waals surface area contributed by atoms with Crippen LogP contribution in [0.5, 0.6) is 11.5 Å². The average molecular weight is 258 g/mol. The number of hydrogen-bond acceptors (Lipinski definition) is 3. The van der Waals surface area contributed by atoms with Gasteiger partial charge >= 0.3 is 0 Å². The molecule has 1 aliphatic rings. The van der Waals surface area contributed by atoms with Gasteiger partial charge in [-0.15, -0.1) is 0 Å². The topological polar surface area (TPSA) is 44.5 Å². The van der Waals surface area contributed by atoms with Crippen molar-refractivity contribution in [1.82, 2.24) is 0 Å². The number of rotatable bonds is 0. The van der Waals surface area contributed by atoms with Crippen LogP contribution in [0.1, 0.15) is 12.8 Å². The number of fused-ring (bicyclic) bond motifs is 1. The molecule has 2 N–H and O–H groups in total. The van der Waals surface area contributed by atoms with Crippen LogP contribution in [0.4, 0.5) is 5.69 Å². The second kappa shape index (κ2) is 4.09. The summed E-state index contributed by atoms with van der Waals surface area (Å²) in [4.78, 5) is 0. The Kier molecular flexibility index (Phi) is 2.82. The molecule has 4 heteroatoms. The highest BCUT2D eigenvalue weighted by molar-refractivity contribution is 9.10. The van der Waals surface area contributed by atoms with E-state index in [1.165, 1.54) is 0 Å². The maximum atomic E-state index is 5.75. The molecular formula is C10H12BrNO2. The molecule has 14 heavy (non-hydrogen) atoms. The van der Waals surface area contributed by atoms with Gasteiger partial charge in [0, 0.05) is 22.3 Å². The van der Waals surface area contributed by atoms with Crippen LogP contribution in [0.25, 0.3) is 0 Å². The number of halogens is 1. The molecule has 0 aromatic heterocycles. The Hall–Kier alpha value is -0.900. The van der Waals surface area contributed by atoms with Crippen molar-refractivity contribution in [2.45, 2.75) is 12.8 Å². The molecule has 0 radical (unpaired) electrons. The minimum Gasteiger partial charge on any atom is -0.490 e. The van der Waals surface area contributed by atoms with E-state index in [-0.39, 0.29) is 0 Å². The first-order chi connectivity index (χ1) is 6.77. The lowest BCUT2D eigenvalue weighted by Crippen LogP contribution is -2.08. The summed E-state index contributed by atoms with van der Waals surface area (Å²) in [6.45, 7) is 1.48. The summed E-state index contributed by atoms with van der Waals surface area (Å²) >= 11 is 3.36. The highest BCUT2D eigenvalue weighted by atomic mass is 79.9. The summed E-state index contributed by atoms with van der Waals surface area (Å²) in [6.07, 6.45) is 2.05. The Balaban J connectivity index is 2.35. The maximum Gasteiger partial charge on any atom is 0.163 e. The number of anilines is 1. The predicted molar refractivity (Wildman–Crippen MR) is 58.8 cm³/mol. The van der Waals surface area contributed by atoms with Crippen molar-refractivity contribution in [3.63, 3.8) is 0 Å². The number of hydrogen-bond donors (Lipinski definition) is 1. The molecule has 0 saturated carbocycles. The molecular weight excluding hydrogens is 246 g/mol. The van der Waals surface area contributed by atoms with E-state index in [4.69, 9.17) is 15.2 Å². The standard InChI is InChI=1S/C10H12BrNO2/c11-7-5-9-10(6-8(7)12)14-4-2-1-3-13-9/h5-6H,1-4,12H2. The van der Waals surface area contributed by atoms with Crippen LogP contribution >= 0.6 is 15.9 Å². The smallest absolute Gasteiger partial charge is 0.163 e. The maximum absolute atomic E-state index is 5.75. The van der Waals surface area contributed by atoms with Crippen LogP contribution in [0.3, 0.4) is 0 Å². The Morgan fingerprint density at radius 1 is 1.07 bits per heavy atom. The number of benzene rings is 1. The third-order valence-electron chi connectivity index (χ3n) is 2.12. The van der Waals surface area contributed by atoms with E-state index in [1.54, 1.807) is 6.07 Å². The second-order valence-corrected chi connectivity index (χ2v) is 4.08. The zero-order valence-corrected chi connectivity index (χ0v) is 9.34. The third-order valence-corrected chi connectivity index (χ3v) is 2.80. The van der Waals surface area contributed by atoms with Crippen molar-refractivity contribution in [2.75, 3.05) is 18.9 Å². The molecule has 0 spiro atoms. The van der Waals surface area contributed by atoms with Crippen LogP contribution in [-0.2, 0) is 0 Å². The molecule has 1 aliphatic heterocycles. The fourth-order valence-corrected chi connectivity index (χ4v) is 1.67. The summed E-state index contributed by atoms with van der Waals surface area (Å²) in [5, 5.41) is 0. The van der Waals surface area contributed by atoms with Crippen molar-refractivity contribution in [3.8, 4) is 11.5 Å². The normalized spacial score (nSPS) is 15.8. The van der Waals surface area contributed by atoms with Crippen molar-refractivity contribution < 1.29 is 9.47 Å². The zero-order chi connectivity index (χ0) is 9.97. The molecule has 0 aliphatic carbocycles. The molecule has 0 atom stereocenters. The van der Waals surface area contributed by atoms with Crippen LogP contribution in [0.2, 0.25) is 0 Å². The molecule has 1 heterocycles. The number of nitrogens with two attached hydrogens (primary N) is 1. The molecule has 0 fully saturated rings. The zero-order valence-electron chi connectivity index (χ0n) is 7.75. The monoisotopic (exact) mass is 257 g/mol. The molecule has 0 unspecified atom stereocenters. The van der Waals surface area contributed by atoms with E-state index in [1.807, 2.05) is 6.07 Å². The van der Waals surface area contributed by atoms with Gasteiger partial charge in [-0.25, -0.2) is 0 Å². The first-order valence-electron chi connectivity index (χ1n) is 4.62. The van der Waals surface area contributed by atoms with Crippen molar-refractivity contribution in [2.24, 2.45) is 0 Å². The van der Waals surface area contributed by atoms with Gasteiger partial charge in [-0.3, -0.25) is 0 Å². The number of nitrogen functional groups attached to an aromatic ring is 1. The summed E-state index contributed by atoms with van der Waals surface area (Å²) in [5.74, 6) is 1.51. The van der Waals surface area contributed by atoms with Crippen LogP contribution < -0.4 is 15.2 Å². The Labute approximate surface area is 91.3 Å². The van der Waals surface area contributed by atoms with E-state index in [0.717, 1.165) is 42.0 Å². The largest absolute Gasteiger partial charge is 0.490 e. The summed E-state index contributed by atoms with van der Waals surface area (Å²) in [5.41, 5.74) is 6.43. The van der Waals surface area contributed by atoms with Crippen molar-refractivity contribution in [3.05, 3.63) is 16.6 Å². The third kappa shape index (κ3) is 1.95. The van der Waals surface area contributed by atoms with Gasteiger partial charge in [-0.05, 0) is 28.8 Å². The first kappa shape index (κ1) is 9.65. The molecule has 2 rings (SSSR count). The highest BCUT2D eigenvalue weighted by Gasteiger charge is 2.11. The molecule has 1 aromatic carbocycles. The van der Waals surface area contributed by atoms with Crippen LogP contribution in [0.15, 0.2) is 16.6 Å². The fraction of sp³-hybridized carbons (Fsp3) is 0.400. The lowest BCUT2D eigenvalue weighted by Gasteiger charge is -2.17. The van der Waals surface area contributed by atoms with Gasteiger partial charge in [0.1, 0.15) is 0 Å². The van der Waals surface area contributed by atoms with E-state index >= 15 is 0 Å². The second-order valence-electron chi connectivity index (χ2n) is 3.22. The molecule has 0 saturated heterocycles. The molecule has 76 valence electrons. The molecule has 1 aromatic rings. The lowest BCUT2D eigenvalue weighted by molar-refractivity contribution is 0.223. The Morgan fingerprint density at radius 3 is 2.29 bits per heavy atom. The fourth-order valence-electron chi connectivity index (χ4n) is 1.34. The molecule has 3 nitrogen and oxygen atoms in total. The van der Waals surface area contributed by atoms with Gasteiger partial charge in [-0.2, -0.15) is 0 Å².